The zero-order valence-electron chi connectivity index (χ0n) is 12.5. The molecule has 0 radical (unpaired) electrons. The lowest BCUT2D eigenvalue weighted by Gasteiger charge is -2.36. The number of benzene rings is 2. The monoisotopic (exact) mass is 324 g/mol. The van der Waals surface area contributed by atoms with Gasteiger partial charge in [-0.25, -0.2) is 0 Å². The Morgan fingerprint density at radius 1 is 0.739 bits per heavy atom. The molecule has 1 aliphatic rings. The van der Waals surface area contributed by atoms with E-state index in [0.717, 1.165) is 0 Å². The van der Waals surface area contributed by atoms with Gasteiger partial charge in [-0.05, 0) is 42.9 Å². The molecule has 0 unspecified atom stereocenters. The summed E-state index contributed by atoms with van der Waals surface area (Å²) in [6, 6.07) is 18.0. The summed E-state index contributed by atoms with van der Waals surface area (Å²) in [5.74, 6) is -0.331. The van der Waals surface area contributed by atoms with E-state index in [4.69, 9.17) is 12.2 Å². The van der Waals surface area contributed by atoms with E-state index >= 15 is 0 Å². The van der Waals surface area contributed by atoms with Crippen LogP contribution < -0.4 is 0 Å². The van der Waals surface area contributed by atoms with Crippen molar-refractivity contribution in [2.75, 3.05) is 13.1 Å². The molecular formula is C18H16N2O2S. The number of hydrogen-bond acceptors (Lipinski definition) is 3. The summed E-state index contributed by atoms with van der Waals surface area (Å²) in [6.07, 6.45) is 0.706. The average Bonchev–Trinajstić information content (AvgIpc) is 2.62. The standard InChI is InChI=1S/C18H16N2O2S/c21-16(14-8-3-1-4-9-14)19-12-7-13-20(18(19)23)17(22)15-10-5-2-6-11-15/h1-6,8-11H,7,12-13H2. The number of carbonyl (C=O) groups is 2. The molecule has 4 nitrogen and oxygen atoms in total. The van der Waals surface area contributed by atoms with E-state index in [2.05, 4.69) is 0 Å². The van der Waals surface area contributed by atoms with Gasteiger partial charge in [0.1, 0.15) is 0 Å². The molecule has 0 atom stereocenters. The number of amides is 2. The Bertz CT molecular complexity index is 670. The van der Waals surface area contributed by atoms with Crippen LogP contribution in [0.25, 0.3) is 0 Å². The Labute approximate surface area is 140 Å². The molecule has 2 amide bonds. The second-order valence-electron chi connectivity index (χ2n) is 5.28. The highest BCUT2D eigenvalue weighted by atomic mass is 32.1. The van der Waals surface area contributed by atoms with Crippen LogP contribution in [0.5, 0.6) is 0 Å². The summed E-state index contributed by atoms with van der Waals surface area (Å²) in [4.78, 5) is 28.2. The first kappa shape index (κ1) is 15.4. The zero-order valence-corrected chi connectivity index (χ0v) is 13.3. The van der Waals surface area contributed by atoms with Crippen molar-refractivity contribution >= 4 is 29.1 Å². The summed E-state index contributed by atoms with van der Waals surface area (Å²) >= 11 is 5.41. The van der Waals surface area contributed by atoms with Crippen molar-refractivity contribution in [2.45, 2.75) is 6.42 Å². The summed E-state index contributed by atoms with van der Waals surface area (Å²) in [6.45, 7) is 1.07. The normalized spacial score (nSPS) is 14.7. The summed E-state index contributed by atoms with van der Waals surface area (Å²) < 4.78 is 0. The molecule has 116 valence electrons. The molecular weight excluding hydrogens is 308 g/mol. The predicted molar refractivity (Wildman–Crippen MR) is 92.2 cm³/mol. The maximum absolute atomic E-state index is 12.6. The van der Waals surface area contributed by atoms with Crippen molar-refractivity contribution in [1.82, 2.24) is 9.80 Å². The molecule has 0 bridgehead atoms. The van der Waals surface area contributed by atoms with Crippen LogP contribution in [0.2, 0.25) is 0 Å². The van der Waals surface area contributed by atoms with Crippen LogP contribution in [0.4, 0.5) is 0 Å². The molecule has 0 N–H and O–H groups in total. The van der Waals surface area contributed by atoms with Gasteiger partial charge in [0.15, 0.2) is 5.11 Å². The topological polar surface area (TPSA) is 40.6 Å². The highest BCUT2D eigenvalue weighted by Crippen LogP contribution is 2.16. The number of rotatable bonds is 2. The Balaban J connectivity index is 1.82. The molecule has 1 fully saturated rings. The van der Waals surface area contributed by atoms with Crippen LogP contribution in [-0.4, -0.2) is 39.8 Å². The Kier molecular flexibility index (Phi) is 4.48. The number of nitrogens with zero attached hydrogens (tertiary/aromatic N) is 2. The highest BCUT2D eigenvalue weighted by Gasteiger charge is 2.31. The largest absolute Gasteiger partial charge is 0.285 e. The van der Waals surface area contributed by atoms with Crippen LogP contribution in [-0.2, 0) is 0 Å². The molecule has 1 aliphatic heterocycles. The molecule has 3 rings (SSSR count). The molecule has 0 aromatic heterocycles. The summed E-state index contributed by atoms with van der Waals surface area (Å²) in [5.41, 5.74) is 1.15. The lowest BCUT2D eigenvalue weighted by atomic mass is 10.1. The van der Waals surface area contributed by atoms with Crippen LogP contribution in [0, 0.1) is 0 Å². The minimum atomic E-state index is -0.166. The van der Waals surface area contributed by atoms with Crippen molar-refractivity contribution in [3.63, 3.8) is 0 Å². The van der Waals surface area contributed by atoms with E-state index in [0.29, 0.717) is 30.6 Å². The molecule has 2 aromatic carbocycles. The zero-order chi connectivity index (χ0) is 16.2. The quantitative estimate of drug-likeness (QED) is 0.798. The minimum absolute atomic E-state index is 0.166. The third-order valence-corrected chi connectivity index (χ3v) is 4.20. The van der Waals surface area contributed by atoms with E-state index in [-0.39, 0.29) is 16.9 Å². The van der Waals surface area contributed by atoms with Crippen molar-refractivity contribution in [1.29, 1.82) is 0 Å². The fraction of sp³-hybridized carbons (Fsp3) is 0.167. The first-order valence-electron chi connectivity index (χ1n) is 7.46. The van der Waals surface area contributed by atoms with Gasteiger partial charge in [-0.3, -0.25) is 19.4 Å². The fourth-order valence-electron chi connectivity index (χ4n) is 2.57. The van der Waals surface area contributed by atoms with Crippen molar-refractivity contribution in [3.05, 3.63) is 71.8 Å². The Hall–Kier alpha value is -2.53. The minimum Gasteiger partial charge on any atom is -0.285 e. The lowest BCUT2D eigenvalue weighted by molar-refractivity contribution is 0.0746. The van der Waals surface area contributed by atoms with Crippen molar-refractivity contribution in [3.8, 4) is 0 Å². The Morgan fingerprint density at radius 2 is 1.13 bits per heavy atom. The molecule has 23 heavy (non-hydrogen) atoms. The van der Waals surface area contributed by atoms with E-state index in [1.807, 2.05) is 36.4 Å². The lowest BCUT2D eigenvalue weighted by Crippen LogP contribution is -2.53. The van der Waals surface area contributed by atoms with Crippen molar-refractivity contribution < 1.29 is 9.59 Å². The first-order valence-corrected chi connectivity index (χ1v) is 7.87. The molecule has 0 saturated carbocycles. The molecule has 2 aromatic rings. The number of carbonyl (C=O) groups excluding carboxylic acids is 2. The fourth-order valence-corrected chi connectivity index (χ4v) is 2.92. The molecule has 0 aliphatic carbocycles. The first-order chi connectivity index (χ1) is 11.2. The van der Waals surface area contributed by atoms with Crippen LogP contribution in [0.3, 0.4) is 0 Å². The Morgan fingerprint density at radius 3 is 1.52 bits per heavy atom. The van der Waals surface area contributed by atoms with Gasteiger partial charge in [0.05, 0.1) is 0 Å². The van der Waals surface area contributed by atoms with Gasteiger partial charge in [0.2, 0.25) is 0 Å². The van der Waals surface area contributed by atoms with Gasteiger partial charge in [0.25, 0.3) is 11.8 Å². The third-order valence-electron chi connectivity index (χ3n) is 3.76. The van der Waals surface area contributed by atoms with E-state index < -0.39 is 0 Å². The molecule has 1 heterocycles. The number of thiocarbonyl (C=S) groups is 1. The van der Waals surface area contributed by atoms with Crippen LogP contribution in [0.15, 0.2) is 60.7 Å². The van der Waals surface area contributed by atoms with Gasteiger partial charge < -0.3 is 0 Å². The molecule has 5 heteroatoms. The van der Waals surface area contributed by atoms with Gasteiger partial charge in [-0.2, -0.15) is 0 Å². The van der Waals surface area contributed by atoms with Gasteiger partial charge in [-0.15, -0.1) is 0 Å². The van der Waals surface area contributed by atoms with Gasteiger partial charge >= 0.3 is 0 Å². The van der Waals surface area contributed by atoms with Gasteiger partial charge in [0, 0.05) is 24.2 Å². The van der Waals surface area contributed by atoms with E-state index in [1.165, 1.54) is 9.80 Å². The predicted octanol–water partition coefficient (Wildman–Crippen LogP) is 2.96. The maximum atomic E-state index is 12.6. The third kappa shape index (κ3) is 3.14. The van der Waals surface area contributed by atoms with Crippen molar-refractivity contribution in [2.24, 2.45) is 0 Å². The van der Waals surface area contributed by atoms with Gasteiger partial charge in [-0.1, -0.05) is 36.4 Å². The average molecular weight is 324 g/mol. The van der Waals surface area contributed by atoms with E-state index in [9.17, 15) is 9.59 Å². The molecule has 1 saturated heterocycles. The van der Waals surface area contributed by atoms with E-state index in [1.54, 1.807) is 24.3 Å². The SMILES string of the molecule is O=C(c1ccccc1)N1CCCN(C(=O)c2ccccc2)C1=S. The number of hydrogen-bond donors (Lipinski definition) is 0. The molecule has 0 spiro atoms. The maximum Gasteiger partial charge on any atom is 0.260 e. The summed E-state index contributed by atoms with van der Waals surface area (Å²) in [5, 5.41) is 0.277. The second kappa shape index (κ2) is 6.71. The van der Waals surface area contributed by atoms with Crippen LogP contribution in [0.1, 0.15) is 27.1 Å². The highest BCUT2D eigenvalue weighted by molar-refractivity contribution is 7.80. The second-order valence-corrected chi connectivity index (χ2v) is 5.65. The summed E-state index contributed by atoms with van der Waals surface area (Å²) in [7, 11) is 0. The van der Waals surface area contributed by atoms with Crippen LogP contribution >= 0.6 is 12.2 Å². The smallest absolute Gasteiger partial charge is 0.260 e.